The summed E-state index contributed by atoms with van der Waals surface area (Å²) < 4.78 is 0. The Balaban J connectivity index is 2.27. The highest BCUT2D eigenvalue weighted by atomic mass is 16.1. The minimum Gasteiger partial charge on any atom is -0.355 e. The molecule has 0 bridgehead atoms. The number of amides is 1. The first-order chi connectivity index (χ1) is 8.27. The molecule has 17 heavy (non-hydrogen) atoms. The predicted octanol–water partition coefficient (Wildman–Crippen LogP) is 0.740. The molecular weight excluding hydrogens is 214 g/mol. The summed E-state index contributed by atoms with van der Waals surface area (Å²) in [5.74, 6) is 0.322. The summed E-state index contributed by atoms with van der Waals surface area (Å²) in [6.45, 7) is 7.93. The third-order valence-electron chi connectivity index (χ3n) is 3.20. The standard InChI is InChI=1S/C13H25N3O/c1-2-3-4-9-16-10-5-6-12(11-16)13(17)15-8-7-14/h2,12H,1,3-11,14H2,(H,15,17). The zero-order valence-electron chi connectivity index (χ0n) is 10.7. The largest absolute Gasteiger partial charge is 0.355 e. The van der Waals surface area contributed by atoms with Crippen LogP contribution in [0, 0.1) is 5.92 Å². The van der Waals surface area contributed by atoms with E-state index in [9.17, 15) is 4.79 Å². The fourth-order valence-electron chi connectivity index (χ4n) is 2.27. The van der Waals surface area contributed by atoms with Crippen molar-refractivity contribution in [1.29, 1.82) is 0 Å². The van der Waals surface area contributed by atoms with Crippen LogP contribution in [-0.4, -0.2) is 43.5 Å². The number of hydrogen-bond acceptors (Lipinski definition) is 3. The lowest BCUT2D eigenvalue weighted by Gasteiger charge is -2.31. The molecule has 1 fully saturated rings. The minimum atomic E-state index is 0.152. The molecule has 0 aromatic rings. The van der Waals surface area contributed by atoms with Crippen molar-refractivity contribution in [3.05, 3.63) is 12.7 Å². The Morgan fingerprint density at radius 3 is 3.12 bits per heavy atom. The van der Waals surface area contributed by atoms with E-state index < -0.39 is 0 Å². The zero-order chi connectivity index (χ0) is 12.5. The van der Waals surface area contributed by atoms with Gasteiger partial charge < -0.3 is 16.0 Å². The summed E-state index contributed by atoms with van der Waals surface area (Å²) in [5, 5.41) is 2.88. The number of unbranched alkanes of at least 4 members (excludes halogenated alkanes) is 1. The van der Waals surface area contributed by atoms with Gasteiger partial charge in [0, 0.05) is 19.6 Å². The predicted molar refractivity (Wildman–Crippen MR) is 70.7 cm³/mol. The molecule has 0 spiro atoms. The molecular formula is C13H25N3O. The van der Waals surface area contributed by atoms with Crippen LogP contribution in [0.2, 0.25) is 0 Å². The number of piperidine rings is 1. The normalized spacial score (nSPS) is 21.1. The van der Waals surface area contributed by atoms with Crippen molar-refractivity contribution in [2.24, 2.45) is 11.7 Å². The van der Waals surface area contributed by atoms with E-state index in [1.54, 1.807) is 0 Å². The molecule has 1 atom stereocenters. The maximum atomic E-state index is 11.8. The van der Waals surface area contributed by atoms with Crippen LogP contribution in [0.1, 0.15) is 25.7 Å². The van der Waals surface area contributed by atoms with Crippen LogP contribution < -0.4 is 11.1 Å². The van der Waals surface area contributed by atoms with Crippen LogP contribution in [0.3, 0.4) is 0 Å². The SMILES string of the molecule is C=CCCCN1CCCC(C(=O)NCCN)C1. The van der Waals surface area contributed by atoms with Gasteiger partial charge in [-0.05, 0) is 38.8 Å². The number of likely N-dealkylation sites (tertiary alicyclic amines) is 1. The zero-order valence-corrected chi connectivity index (χ0v) is 10.7. The van der Waals surface area contributed by atoms with Gasteiger partial charge in [-0.15, -0.1) is 6.58 Å². The molecule has 0 aromatic carbocycles. The molecule has 1 heterocycles. The molecule has 98 valence electrons. The first kappa shape index (κ1) is 14.2. The fraction of sp³-hybridized carbons (Fsp3) is 0.769. The third kappa shape index (κ3) is 5.33. The second-order valence-electron chi connectivity index (χ2n) is 4.65. The van der Waals surface area contributed by atoms with Gasteiger partial charge in [0.2, 0.25) is 5.91 Å². The monoisotopic (exact) mass is 239 g/mol. The van der Waals surface area contributed by atoms with Crippen LogP contribution in [-0.2, 0) is 4.79 Å². The number of hydrogen-bond donors (Lipinski definition) is 2. The number of rotatable bonds is 7. The summed E-state index contributed by atoms with van der Waals surface area (Å²) in [4.78, 5) is 14.2. The summed E-state index contributed by atoms with van der Waals surface area (Å²) in [7, 11) is 0. The Morgan fingerprint density at radius 1 is 1.59 bits per heavy atom. The van der Waals surface area contributed by atoms with Crippen molar-refractivity contribution in [1.82, 2.24) is 10.2 Å². The molecule has 1 aliphatic heterocycles. The summed E-state index contributed by atoms with van der Waals surface area (Å²) >= 11 is 0. The van der Waals surface area contributed by atoms with Gasteiger partial charge >= 0.3 is 0 Å². The number of nitrogens with one attached hydrogen (secondary N) is 1. The maximum absolute atomic E-state index is 11.8. The molecule has 1 aliphatic rings. The number of allylic oxidation sites excluding steroid dienone is 1. The van der Waals surface area contributed by atoms with Crippen LogP contribution >= 0.6 is 0 Å². The fourth-order valence-corrected chi connectivity index (χ4v) is 2.27. The van der Waals surface area contributed by atoms with Crippen LogP contribution in [0.15, 0.2) is 12.7 Å². The molecule has 1 unspecified atom stereocenters. The van der Waals surface area contributed by atoms with Gasteiger partial charge in [-0.2, -0.15) is 0 Å². The third-order valence-corrected chi connectivity index (χ3v) is 3.20. The van der Waals surface area contributed by atoms with E-state index >= 15 is 0 Å². The Hall–Kier alpha value is -0.870. The summed E-state index contributed by atoms with van der Waals surface area (Å²) in [6, 6.07) is 0. The minimum absolute atomic E-state index is 0.152. The van der Waals surface area contributed by atoms with Crippen molar-refractivity contribution < 1.29 is 4.79 Å². The number of nitrogens with zero attached hydrogens (tertiary/aromatic N) is 1. The van der Waals surface area contributed by atoms with Gasteiger partial charge in [0.1, 0.15) is 0 Å². The van der Waals surface area contributed by atoms with E-state index in [4.69, 9.17) is 5.73 Å². The van der Waals surface area contributed by atoms with E-state index in [0.717, 1.165) is 45.3 Å². The van der Waals surface area contributed by atoms with Crippen LogP contribution in [0.25, 0.3) is 0 Å². The van der Waals surface area contributed by atoms with Crippen LogP contribution in [0.4, 0.5) is 0 Å². The smallest absolute Gasteiger partial charge is 0.224 e. The molecule has 1 rings (SSSR count). The van der Waals surface area contributed by atoms with Crippen LogP contribution in [0.5, 0.6) is 0 Å². The number of carbonyl (C=O) groups excluding carboxylic acids is 1. The molecule has 0 aliphatic carbocycles. The highest BCUT2D eigenvalue weighted by molar-refractivity contribution is 5.78. The highest BCUT2D eigenvalue weighted by Crippen LogP contribution is 2.16. The summed E-state index contributed by atoms with van der Waals surface area (Å²) in [6.07, 6.45) is 6.28. The van der Waals surface area contributed by atoms with Gasteiger partial charge in [0.15, 0.2) is 0 Å². The first-order valence-electron chi connectivity index (χ1n) is 6.59. The Kier molecular flexibility index (Phi) is 6.89. The molecule has 4 heteroatoms. The molecule has 0 radical (unpaired) electrons. The summed E-state index contributed by atoms with van der Waals surface area (Å²) in [5.41, 5.74) is 5.38. The van der Waals surface area contributed by atoms with Crippen molar-refractivity contribution in [2.75, 3.05) is 32.7 Å². The first-order valence-corrected chi connectivity index (χ1v) is 6.59. The van der Waals surface area contributed by atoms with Gasteiger partial charge in [-0.3, -0.25) is 4.79 Å². The van der Waals surface area contributed by atoms with E-state index in [-0.39, 0.29) is 11.8 Å². The van der Waals surface area contributed by atoms with E-state index in [1.807, 2.05) is 6.08 Å². The Morgan fingerprint density at radius 2 is 2.41 bits per heavy atom. The Bertz CT molecular complexity index is 243. The molecule has 1 saturated heterocycles. The van der Waals surface area contributed by atoms with Crippen molar-refractivity contribution >= 4 is 5.91 Å². The molecule has 3 N–H and O–H groups in total. The van der Waals surface area contributed by atoms with Gasteiger partial charge in [-0.1, -0.05) is 6.08 Å². The van der Waals surface area contributed by atoms with Gasteiger partial charge in [0.25, 0.3) is 0 Å². The lowest BCUT2D eigenvalue weighted by atomic mass is 9.97. The topological polar surface area (TPSA) is 58.4 Å². The maximum Gasteiger partial charge on any atom is 0.224 e. The van der Waals surface area contributed by atoms with Gasteiger partial charge in [0.05, 0.1) is 5.92 Å². The average molecular weight is 239 g/mol. The quantitative estimate of drug-likeness (QED) is 0.509. The molecule has 1 amide bonds. The van der Waals surface area contributed by atoms with E-state index in [0.29, 0.717) is 13.1 Å². The molecule has 0 aromatic heterocycles. The van der Waals surface area contributed by atoms with Crippen molar-refractivity contribution in [3.63, 3.8) is 0 Å². The number of carbonyl (C=O) groups is 1. The Labute approximate surface area is 104 Å². The molecule has 0 saturated carbocycles. The molecule has 4 nitrogen and oxygen atoms in total. The number of nitrogens with two attached hydrogens (primary N) is 1. The second-order valence-corrected chi connectivity index (χ2v) is 4.65. The second kappa shape index (κ2) is 8.25. The van der Waals surface area contributed by atoms with Gasteiger partial charge in [-0.25, -0.2) is 0 Å². The van der Waals surface area contributed by atoms with E-state index in [1.165, 1.54) is 0 Å². The van der Waals surface area contributed by atoms with Crippen molar-refractivity contribution in [3.8, 4) is 0 Å². The highest BCUT2D eigenvalue weighted by Gasteiger charge is 2.24. The lowest BCUT2D eigenvalue weighted by Crippen LogP contribution is -2.44. The lowest BCUT2D eigenvalue weighted by molar-refractivity contribution is -0.126. The average Bonchev–Trinajstić information content (AvgIpc) is 2.36. The van der Waals surface area contributed by atoms with E-state index in [2.05, 4.69) is 16.8 Å². The van der Waals surface area contributed by atoms with Crippen molar-refractivity contribution in [2.45, 2.75) is 25.7 Å².